The number of carbonyl (C=O) groups is 1. The third-order valence-electron chi connectivity index (χ3n) is 6.54. The highest BCUT2D eigenvalue weighted by Crippen LogP contribution is 2.26. The molecule has 0 spiro atoms. The second kappa shape index (κ2) is 10.3. The molecule has 1 aromatic carbocycles. The van der Waals surface area contributed by atoms with Crippen molar-refractivity contribution < 1.29 is 4.79 Å². The molecule has 3 aromatic rings. The van der Waals surface area contributed by atoms with Gasteiger partial charge in [-0.2, -0.15) is 5.10 Å². The fourth-order valence-electron chi connectivity index (χ4n) is 4.62. The van der Waals surface area contributed by atoms with Gasteiger partial charge in [0.2, 0.25) is 5.91 Å². The summed E-state index contributed by atoms with van der Waals surface area (Å²) in [6.07, 6.45) is 3.87. The Kier molecular flexibility index (Phi) is 7.22. The molecule has 0 atom stereocenters. The van der Waals surface area contributed by atoms with Gasteiger partial charge in [-0.1, -0.05) is 25.1 Å². The molecule has 32 heavy (non-hydrogen) atoms. The average molecular weight is 439 g/mol. The lowest BCUT2D eigenvalue weighted by Gasteiger charge is -2.33. The molecule has 8 heteroatoms. The molecule has 0 aliphatic carbocycles. The van der Waals surface area contributed by atoms with Crippen molar-refractivity contribution in [2.24, 2.45) is 7.05 Å². The first-order valence-electron chi connectivity index (χ1n) is 11.7. The van der Waals surface area contributed by atoms with Crippen LogP contribution < -0.4 is 10.9 Å². The van der Waals surface area contributed by atoms with Gasteiger partial charge >= 0.3 is 0 Å². The van der Waals surface area contributed by atoms with Crippen molar-refractivity contribution in [3.05, 3.63) is 40.8 Å². The Morgan fingerprint density at radius 3 is 2.56 bits per heavy atom. The Bertz CT molecular complexity index is 1130. The quantitative estimate of drug-likeness (QED) is 0.516. The summed E-state index contributed by atoms with van der Waals surface area (Å²) in [4.78, 5) is 30.0. The summed E-state index contributed by atoms with van der Waals surface area (Å²) in [7, 11) is 1.67. The van der Waals surface area contributed by atoms with Gasteiger partial charge in [0, 0.05) is 69.0 Å². The maximum absolute atomic E-state index is 12.7. The second-order valence-corrected chi connectivity index (χ2v) is 8.59. The summed E-state index contributed by atoms with van der Waals surface area (Å²) in [6.45, 7) is 10.2. The number of carbonyl (C=O) groups excluding carboxylic acids is 1. The number of para-hydroxylation sites is 1. The summed E-state index contributed by atoms with van der Waals surface area (Å²) in [5, 5.41) is 9.13. The van der Waals surface area contributed by atoms with Crippen LogP contribution in [0.25, 0.3) is 21.8 Å². The molecule has 1 fully saturated rings. The Morgan fingerprint density at radius 1 is 1.03 bits per heavy atom. The molecule has 0 unspecified atom stereocenters. The first-order valence-corrected chi connectivity index (χ1v) is 11.7. The van der Waals surface area contributed by atoms with E-state index in [2.05, 4.69) is 27.1 Å². The molecular weight excluding hydrogens is 404 g/mol. The minimum Gasteiger partial charge on any atom is -0.356 e. The van der Waals surface area contributed by atoms with Crippen LogP contribution in [0, 0.1) is 0 Å². The van der Waals surface area contributed by atoms with Crippen LogP contribution in [0.4, 0.5) is 0 Å². The molecule has 8 nitrogen and oxygen atoms in total. The van der Waals surface area contributed by atoms with E-state index >= 15 is 0 Å². The SMILES string of the molecule is CCN1CCN(CCCNC(=O)CCCn2c3ccccc3c3cnn(C)c(=O)c32)CC1. The van der Waals surface area contributed by atoms with Crippen LogP contribution in [0.3, 0.4) is 0 Å². The second-order valence-electron chi connectivity index (χ2n) is 8.59. The molecule has 1 amide bonds. The molecule has 1 saturated heterocycles. The van der Waals surface area contributed by atoms with E-state index in [0.29, 0.717) is 31.4 Å². The van der Waals surface area contributed by atoms with Gasteiger partial charge in [-0.15, -0.1) is 0 Å². The zero-order valence-corrected chi connectivity index (χ0v) is 19.2. The predicted octanol–water partition coefficient (Wildman–Crippen LogP) is 1.81. The van der Waals surface area contributed by atoms with Crippen LogP contribution in [-0.2, 0) is 18.4 Å². The van der Waals surface area contributed by atoms with Crippen molar-refractivity contribution in [2.45, 2.75) is 32.7 Å². The van der Waals surface area contributed by atoms with Gasteiger partial charge in [-0.05, 0) is 32.0 Å². The van der Waals surface area contributed by atoms with Crippen molar-refractivity contribution in [3.8, 4) is 0 Å². The maximum Gasteiger partial charge on any atom is 0.291 e. The molecule has 2 aromatic heterocycles. The molecule has 4 rings (SSSR count). The van der Waals surface area contributed by atoms with Gasteiger partial charge in [-0.3, -0.25) is 9.59 Å². The Morgan fingerprint density at radius 2 is 1.78 bits per heavy atom. The summed E-state index contributed by atoms with van der Waals surface area (Å²) < 4.78 is 3.41. The summed E-state index contributed by atoms with van der Waals surface area (Å²) in [6, 6.07) is 7.99. The highest BCUT2D eigenvalue weighted by Gasteiger charge is 2.16. The van der Waals surface area contributed by atoms with Crippen LogP contribution in [0.15, 0.2) is 35.3 Å². The molecule has 1 aliphatic heterocycles. The number of hydrogen-bond donors (Lipinski definition) is 1. The topological polar surface area (TPSA) is 75.4 Å². The van der Waals surface area contributed by atoms with Gasteiger partial charge in [0.05, 0.1) is 6.20 Å². The Labute approximate surface area is 188 Å². The van der Waals surface area contributed by atoms with E-state index in [-0.39, 0.29) is 11.5 Å². The van der Waals surface area contributed by atoms with Crippen LogP contribution in [0.1, 0.15) is 26.2 Å². The van der Waals surface area contributed by atoms with Crippen molar-refractivity contribution >= 4 is 27.7 Å². The number of benzene rings is 1. The van der Waals surface area contributed by atoms with Gasteiger partial charge in [0.25, 0.3) is 5.56 Å². The largest absolute Gasteiger partial charge is 0.356 e. The minimum atomic E-state index is -0.108. The third kappa shape index (κ3) is 4.86. The Hall–Kier alpha value is -2.71. The van der Waals surface area contributed by atoms with Crippen molar-refractivity contribution in [2.75, 3.05) is 45.8 Å². The van der Waals surface area contributed by atoms with E-state index in [4.69, 9.17) is 0 Å². The van der Waals surface area contributed by atoms with Gasteiger partial charge in [0.1, 0.15) is 5.52 Å². The zero-order chi connectivity index (χ0) is 22.5. The fraction of sp³-hybridized carbons (Fsp3) is 0.542. The highest BCUT2D eigenvalue weighted by molar-refractivity contribution is 6.07. The van der Waals surface area contributed by atoms with Crippen LogP contribution in [-0.4, -0.2) is 75.9 Å². The molecule has 0 bridgehead atoms. The molecular formula is C24H34N6O2. The first-order chi connectivity index (χ1) is 15.6. The summed E-state index contributed by atoms with van der Waals surface area (Å²) >= 11 is 0. The van der Waals surface area contributed by atoms with E-state index in [1.807, 2.05) is 28.8 Å². The Balaban J connectivity index is 1.28. The number of likely N-dealkylation sites (N-methyl/N-ethyl adjacent to an activating group) is 1. The average Bonchev–Trinajstić information content (AvgIpc) is 3.14. The van der Waals surface area contributed by atoms with E-state index < -0.39 is 0 Å². The maximum atomic E-state index is 12.7. The third-order valence-corrected chi connectivity index (χ3v) is 6.54. The highest BCUT2D eigenvalue weighted by atomic mass is 16.1. The number of hydrogen-bond acceptors (Lipinski definition) is 5. The number of aryl methyl sites for hydroxylation is 2. The van der Waals surface area contributed by atoms with Crippen LogP contribution >= 0.6 is 0 Å². The van der Waals surface area contributed by atoms with E-state index in [1.54, 1.807) is 13.2 Å². The predicted molar refractivity (Wildman–Crippen MR) is 128 cm³/mol. The number of nitrogens with one attached hydrogen (secondary N) is 1. The summed E-state index contributed by atoms with van der Waals surface area (Å²) in [5.41, 5.74) is 1.56. The van der Waals surface area contributed by atoms with Crippen LogP contribution in [0.5, 0.6) is 0 Å². The molecule has 1 aliphatic rings. The van der Waals surface area contributed by atoms with E-state index in [1.165, 1.54) is 4.68 Å². The van der Waals surface area contributed by atoms with Gasteiger partial charge in [0.15, 0.2) is 0 Å². The zero-order valence-electron chi connectivity index (χ0n) is 19.2. The molecule has 172 valence electrons. The van der Waals surface area contributed by atoms with E-state index in [0.717, 1.165) is 62.0 Å². The fourth-order valence-corrected chi connectivity index (χ4v) is 4.62. The van der Waals surface area contributed by atoms with Gasteiger partial charge in [-0.25, -0.2) is 4.68 Å². The molecule has 1 N–H and O–H groups in total. The lowest BCUT2D eigenvalue weighted by molar-refractivity contribution is -0.121. The normalized spacial score (nSPS) is 15.6. The standard InChI is InChI=1S/C24H34N6O2/c1-3-28-14-16-29(17-15-28)12-7-11-25-22(31)10-6-13-30-21-9-5-4-8-19(21)20-18-26-27(2)24(32)23(20)30/h4-5,8-9,18H,3,6-7,10-17H2,1-2H3,(H,25,31). The summed E-state index contributed by atoms with van der Waals surface area (Å²) in [5.74, 6) is 0.0798. The first kappa shape index (κ1) is 22.5. The molecule has 0 radical (unpaired) electrons. The van der Waals surface area contributed by atoms with Gasteiger partial charge < -0.3 is 19.7 Å². The monoisotopic (exact) mass is 438 g/mol. The van der Waals surface area contributed by atoms with Crippen molar-refractivity contribution in [1.82, 2.24) is 29.5 Å². The number of amides is 1. The van der Waals surface area contributed by atoms with Crippen molar-refractivity contribution in [3.63, 3.8) is 0 Å². The lowest BCUT2D eigenvalue weighted by Crippen LogP contribution is -2.46. The van der Waals surface area contributed by atoms with E-state index in [9.17, 15) is 9.59 Å². The number of fused-ring (bicyclic) bond motifs is 3. The van der Waals surface area contributed by atoms with Crippen LogP contribution in [0.2, 0.25) is 0 Å². The number of aromatic nitrogens is 3. The lowest BCUT2D eigenvalue weighted by atomic mass is 10.2. The number of rotatable bonds is 9. The molecule has 3 heterocycles. The van der Waals surface area contributed by atoms with Crippen molar-refractivity contribution in [1.29, 1.82) is 0 Å². The minimum absolute atomic E-state index is 0.0798. The smallest absolute Gasteiger partial charge is 0.291 e. The number of nitrogens with zero attached hydrogens (tertiary/aromatic N) is 5. The number of piperazine rings is 1. The molecule has 0 saturated carbocycles.